The van der Waals surface area contributed by atoms with Gasteiger partial charge in [-0.1, -0.05) is 73.9 Å². The van der Waals surface area contributed by atoms with E-state index in [1.165, 1.54) is 0 Å². The second-order valence-corrected chi connectivity index (χ2v) is 7.57. The number of nitrogens with zero attached hydrogens (tertiary/aromatic N) is 1. The number of amides is 1. The summed E-state index contributed by atoms with van der Waals surface area (Å²) in [5, 5.41) is 12.0. The number of hydrogen-bond donors (Lipinski definition) is 2. The molecule has 0 aromatic heterocycles. The molecule has 0 radical (unpaired) electrons. The van der Waals surface area contributed by atoms with E-state index in [1.807, 2.05) is 74.5 Å². The van der Waals surface area contributed by atoms with Crippen molar-refractivity contribution in [2.45, 2.75) is 26.3 Å². The maximum Gasteiger partial charge on any atom is 0.326 e. The molecule has 31 heavy (non-hydrogen) atoms. The van der Waals surface area contributed by atoms with Crippen molar-refractivity contribution in [2.75, 3.05) is 19.6 Å². The van der Waals surface area contributed by atoms with Crippen LogP contribution in [0.15, 0.2) is 60.7 Å². The van der Waals surface area contributed by atoms with Crippen molar-refractivity contribution in [1.82, 2.24) is 10.2 Å². The van der Waals surface area contributed by atoms with Crippen LogP contribution in [-0.4, -0.2) is 47.6 Å². The highest BCUT2D eigenvalue weighted by Crippen LogP contribution is 2.05. The number of aliphatic carboxylic acids is 1. The van der Waals surface area contributed by atoms with E-state index >= 15 is 0 Å². The second-order valence-electron chi connectivity index (χ2n) is 7.57. The first-order valence-corrected chi connectivity index (χ1v) is 10.3. The number of hydrogen-bond acceptors (Lipinski definition) is 3. The van der Waals surface area contributed by atoms with E-state index in [0.717, 1.165) is 11.1 Å². The van der Waals surface area contributed by atoms with Gasteiger partial charge in [-0.25, -0.2) is 4.79 Å². The summed E-state index contributed by atoms with van der Waals surface area (Å²) in [6.07, 6.45) is 0.378. The molecule has 2 rings (SSSR count). The van der Waals surface area contributed by atoms with E-state index < -0.39 is 12.0 Å². The zero-order valence-corrected chi connectivity index (χ0v) is 18.0. The van der Waals surface area contributed by atoms with Crippen LogP contribution in [0.25, 0.3) is 0 Å². The van der Waals surface area contributed by atoms with Crippen LogP contribution < -0.4 is 5.32 Å². The van der Waals surface area contributed by atoms with Gasteiger partial charge in [-0.2, -0.15) is 0 Å². The van der Waals surface area contributed by atoms with Gasteiger partial charge < -0.3 is 10.4 Å². The van der Waals surface area contributed by atoms with Crippen LogP contribution in [0.1, 0.15) is 31.4 Å². The number of carboxylic acid groups (broad SMARTS) is 1. The Morgan fingerprint density at radius 3 is 1.81 bits per heavy atom. The summed E-state index contributed by atoms with van der Waals surface area (Å²) in [5.74, 6) is 11.1. The molecule has 0 spiro atoms. The van der Waals surface area contributed by atoms with Crippen LogP contribution in [0.2, 0.25) is 0 Å². The van der Waals surface area contributed by atoms with Crippen LogP contribution in [0.5, 0.6) is 0 Å². The summed E-state index contributed by atoms with van der Waals surface area (Å²) in [4.78, 5) is 25.7. The van der Waals surface area contributed by atoms with Gasteiger partial charge in [0.1, 0.15) is 6.04 Å². The third-order valence-electron chi connectivity index (χ3n) is 4.33. The van der Waals surface area contributed by atoms with Crippen LogP contribution in [0, 0.1) is 29.6 Å². The number of carboxylic acids is 1. The number of rotatable bonds is 8. The molecule has 2 aromatic rings. The van der Waals surface area contributed by atoms with Crippen molar-refractivity contribution < 1.29 is 14.7 Å². The molecular formula is C26H28N2O3. The van der Waals surface area contributed by atoms with Gasteiger partial charge >= 0.3 is 5.97 Å². The number of carbonyl (C=O) groups excluding carboxylic acids is 1. The zero-order chi connectivity index (χ0) is 22.5. The first kappa shape index (κ1) is 23.7. The van der Waals surface area contributed by atoms with Gasteiger partial charge in [0.15, 0.2) is 0 Å². The Balaban J connectivity index is 2.05. The average molecular weight is 417 g/mol. The SMILES string of the molecule is CC(C)C[C@H](NC(=O)CN(CC#Cc1ccccc1)CC#Cc1ccccc1)C(=O)O. The molecule has 2 aromatic carbocycles. The number of carbonyl (C=O) groups is 2. The summed E-state index contributed by atoms with van der Waals surface area (Å²) >= 11 is 0. The van der Waals surface area contributed by atoms with Crippen LogP contribution in [0.3, 0.4) is 0 Å². The summed E-state index contributed by atoms with van der Waals surface area (Å²) in [5.41, 5.74) is 1.79. The molecule has 0 unspecified atom stereocenters. The molecule has 0 bridgehead atoms. The van der Waals surface area contributed by atoms with Gasteiger partial charge in [0.2, 0.25) is 5.91 Å². The normalized spacial score (nSPS) is 11.1. The predicted molar refractivity (Wildman–Crippen MR) is 122 cm³/mol. The molecule has 1 atom stereocenters. The fourth-order valence-corrected chi connectivity index (χ4v) is 2.85. The standard InChI is InChI=1S/C26H28N2O3/c1-21(2)19-24(26(30)31)27-25(29)20-28(17-9-15-22-11-5-3-6-12-22)18-10-16-23-13-7-4-8-14-23/h3-8,11-14,21,24H,17-20H2,1-2H3,(H,27,29)(H,30,31)/t24-/m0/s1. The molecule has 1 amide bonds. The minimum absolute atomic E-state index is 0.0226. The van der Waals surface area contributed by atoms with Crippen molar-refractivity contribution in [3.8, 4) is 23.7 Å². The highest BCUT2D eigenvalue weighted by molar-refractivity contribution is 5.84. The van der Waals surface area contributed by atoms with Gasteiger partial charge in [0.25, 0.3) is 0 Å². The number of benzene rings is 2. The van der Waals surface area contributed by atoms with Crippen molar-refractivity contribution in [1.29, 1.82) is 0 Å². The van der Waals surface area contributed by atoms with E-state index in [0.29, 0.717) is 19.5 Å². The Hall–Kier alpha value is -3.54. The lowest BCUT2D eigenvalue weighted by atomic mass is 10.0. The van der Waals surface area contributed by atoms with Crippen LogP contribution >= 0.6 is 0 Å². The molecular weight excluding hydrogens is 388 g/mol. The summed E-state index contributed by atoms with van der Waals surface area (Å²) in [7, 11) is 0. The maximum absolute atomic E-state index is 12.5. The third-order valence-corrected chi connectivity index (χ3v) is 4.33. The lowest BCUT2D eigenvalue weighted by Gasteiger charge is -2.20. The lowest BCUT2D eigenvalue weighted by molar-refractivity contribution is -0.142. The predicted octanol–water partition coefficient (Wildman–Crippen LogP) is 3.01. The molecule has 0 saturated heterocycles. The molecule has 0 aliphatic rings. The van der Waals surface area contributed by atoms with Crippen molar-refractivity contribution in [3.05, 3.63) is 71.8 Å². The van der Waals surface area contributed by atoms with Crippen molar-refractivity contribution in [2.24, 2.45) is 5.92 Å². The topological polar surface area (TPSA) is 69.6 Å². The summed E-state index contributed by atoms with van der Waals surface area (Å²) < 4.78 is 0. The van der Waals surface area contributed by atoms with Gasteiger partial charge in [-0.15, -0.1) is 0 Å². The molecule has 0 saturated carbocycles. The van der Waals surface area contributed by atoms with E-state index in [4.69, 9.17) is 0 Å². The first-order chi connectivity index (χ1) is 14.9. The highest BCUT2D eigenvalue weighted by Gasteiger charge is 2.21. The minimum Gasteiger partial charge on any atom is -0.480 e. The molecule has 0 aliphatic heterocycles. The van der Waals surface area contributed by atoms with E-state index in [-0.39, 0.29) is 18.4 Å². The molecule has 2 N–H and O–H groups in total. The van der Waals surface area contributed by atoms with Gasteiger partial charge in [0.05, 0.1) is 19.6 Å². The Labute approximate surface area is 184 Å². The Kier molecular flexibility index (Phi) is 9.88. The van der Waals surface area contributed by atoms with Gasteiger partial charge in [-0.3, -0.25) is 9.69 Å². The molecule has 5 heteroatoms. The minimum atomic E-state index is -1.03. The smallest absolute Gasteiger partial charge is 0.326 e. The zero-order valence-electron chi connectivity index (χ0n) is 18.0. The molecule has 160 valence electrons. The monoisotopic (exact) mass is 416 g/mol. The average Bonchev–Trinajstić information content (AvgIpc) is 2.74. The van der Waals surface area contributed by atoms with Crippen LogP contribution in [-0.2, 0) is 9.59 Å². The van der Waals surface area contributed by atoms with E-state index in [2.05, 4.69) is 29.0 Å². The maximum atomic E-state index is 12.5. The van der Waals surface area contributed by atoms with Crippen molar-refractivity contribution >= 4 is 11.9 Å². The van der Waals surface area contributed by atoms with Crippen LogP contribution in [0.4, 0.5) is 0 Å². The third kappa shape index (κ3) is 9.67. The Morgan fingerprint density at radius 2 is 1.39 bits per heavy atom. The fourth-order valence-electron chi connectivity index (χ4n) is 2.85. The number of nitrogens with one attached hydrogen (secondary N) is 1. The van der Waals surface area contributed by atoms with E-state index in [1.54, 1.807) is 4.90 Å². The molecule has 0 aliphatic carbocycles. The summed E-state index contributed by atoms with van der Waals surface area (Å²) in [6, 6.07) is 18.3. The summed E-state index contributed by atoms with van der Waals surface area (Å²) in [6.45, 7) is 4.55. The van der Waals surface area contributed by atoms with Gasteiger partial charge in [0, 0.05) is 11.1 Å². The Morgan fingerprint density at radius 1 is 0.903 bits per heavy atom. The Bertz CT molecular complexity index is 904. The first-order valence-electron chi connectivity index (χ1n) is 10.3. The second kappa shape index (κ2) is 12.9. The van der Waals surface area contributed by atoms with Crippen molar-refractivity contribution in [3.63, 3.8) is 0 Å². The van der Waals surface area contributed by atoms with E-state index in [9.17, 15) is 14.7 Å². The fraction of sp³-hybridized carbons (Fsp3) is 0.308. The molecule has 5 nitrogen and oxygen atoms in total. The van der Waals surface area contributed by atoms with Gasteiger partial charge in [-0.05, 0) is 36.6 Å². The largest absolute Gasteiger partial charge is 0.480 e. The molecule has 0 fully saturated rings. The lowest BCUT2D eigenvalue weighted by Crippen LogP contribution is -2.46. The quantitative estimate of drug-likeness (QED) is 0.649. The highest BCUT2D eigenvalue weighted by atomic mass is 16.4. The molecule has 0 heterocycles.